The normalized spacial score (nSPS) is 11.5. The van der Waals surface area contributed by atoms with Crippen molar-refractivity contribution in [2.45, 2.75) is 78.2 Å². The molecule has 0 heterocycles. The molecule has 0 aliphatic heterocycles. The fraction of sp³-hybridized carbons (Fsp3) is 0.737. The van der Waals surface area contributed by atoms with Crippen LogP contribution in [0.2, 0.25) is 0 Å². The van der Waals surface area contributed by atoms with Crippen LogP contribution in [-0.2, 0) is 28.6 Å². The maximum atomic E-state index is 11.8. The van der Waals surface area contributed by atoms with E-state index in [2.05, 4.69) is 13.5 Å². The molecule has 6 heteroatoms. The van der Waals surface area contributed by atoms with E-state index in [1.165, 1.54) is 6.92 Å². The summed E-state index contributed by atoms with van der Waals surface area (Å²) in [5.74, 6) is -1.29. The highest BCUT2D eigenvalue weighted by atomic mass is 16.6. The van der Waals surface area contributed by atoms with E-state index in [0.29, 0.717) is 12.8 Å². The molecule has 0 amide bonds. The molecular weight excluding hydrogens is 324 g/mol. The zero-order valence-electron chi connectivity index (χ0n) is 15.8. The maximum Gasteiger partial charge on any atom is 0.333 e. The molecule has 25 heavy (non-hydrogen) atoms. The molecule has 0 aromatic rings. The molecule has 0 aliphatic carbocycles. The van der Waals surface area contributed by atoms with Crippen LogP contribution in [0.4, 0.5) is 0 Å². The Hall–Kier alpha value is -1.85. The van der Waals surface area contributed by atoms with E-state index >= 15 is 0 Å². The van der Waals surface area contributed by atoms with E-state index in [1.807, 2.05) is 6.92 Å². The van der Waals surface area contributed by atoms with Crippen LogP contribution in [0.5, 0.6) is 0 Å². The number of hydrogen-bond donors (Lipinski definition) is 0. The van der Waals surface area contributed by atoms with Gasteiger partial charge in [-0.15, -0.1) is 0 Å². The molecule has 0 aromatic heterocycles. The highest BCUT2D eigenvalue weighted by Crippen LogP contribution is 2.07. The largest absolute Gasteiger partial charge is 0.462 e. The van der Waals surface area contributed by atoms with Crippen molar-refractivity contribution in [2.75, 3.05) is 13.2 Å². The molecule has 0 aliphatic rings. The molecule has 144 valence electrons. The maximum absolute atomic E-state index is 11.8. The Labute approximate surface area is 150 Å². The highest BCUT2D eigenvalue weighted by molar-refractivity contribution is 5.86. The number of esters is 3. The van der Waals surface area contributed by atoms with Gasteiger partial charge < -0.3 is 14.2 Å². The van der Waals surface area contributed by atoms with Gasteiger partial charge in [0.15, 0.2) is 6.10 Å². The summed E-state index contributed by atoms with van der Waals surface area (Å²) < 4.78 is 15.4. The first-order chi connectivity index (χ1) is 11.9. The van der Waals surface area contributed by atoms with Gasteiger partial charge >= 0.3 is 17.9 Å². The fourth-order valence-electron chi connectivity index (χ4n) is 1.95. The van der Waals surface area contributed by atoms with E-state index < -0.39 is 12.1 Å². The molecule has 0 radical (unpaired) electrons. The van der Waals surface area contributed by atoms with Crippen molar-refractivity contribution < 1.29 is 28.6 Å². The average molecular weight is 356 g/mol. The van der Waals surface area contributed by atoms with Crippen LogP contribution in [0.25, 0.3) is 0 Å². The van der Waals surface area contributed by atoms with E-state index in [9.17, 15) is 14.4 Å². The van der Waals surface area contributed by atoms with Crippen LogP contribution in [0.3, 0.4) is 0 Å². The second kappa shape index (κ2) is 14.5. The van der Waals surface area contributed by atoms with Crippen LogP contribution in [0.15, 0.2) is 12.2 Å². The average Bonchev–Trinajstić information content (AvgIpc) is 2.57. The molecule has 0 rings (SSSR count). The monoisotopic (exact) mass is 356 g/mol. The molecule has 0 saturated carbocycles. The van der Waals surface area contributed by atoms with Crippen molar-refractivity contribution >= 4 is 17.9 Å². The van der Waals surface area contributed by atoms with Crippen LogP contribution >= 0.6 is 0 Å². The van der Waals surface area contributed by atoms with E-state index in [4.69, 9.17) is 14.2 Å². The number of carbonyl (C=O) groups excluding carboxylic acids is 3. The van der Waals surface area contributed by atoms with Crippen LogP contribution in [0.1, 0.15) is 72.1 Å². The lowest BCUT2D eigenvalue weighted by Crippen LogP contribution is -2.31. The van der Waals surface area contributed by atoms with E-state index in [1.54, 1.807) is 0 Å². The van der Waals surface area contributed by atoms with E-state index in [-0.39, 0.29) is 30.7 Å². The molecule has 0 N–H and O–H groups in total. The highest BCUT2D eigenvalue weighted by Gasteiger charge is 2.19. The van der Waals surface area contributed by atoms with Gasteiger partial charge in [0.2, 0.25) is 0 Å². The Kier molecular flexibility index (Phi) is 13.4. The van der Waals surface area contributed by atoms with Gasteiger partial charge in [-0.05, 0) is 19.8 Å². The minimum Gasteiger partial charge on any atom is -0.462 e. The third kappa shape index (κ3) is 13.2. The van der Waals surface area contributed by atoms with Crippen LogP contribution in [-0.4, -0.2) is 37.2 Å². The summed E-state index contributed by atoms with van der Waals surface area (Å²) in [4.78, 5) is 35.0. The van der Waals surface area contributed by atoms with Gasteiger partial charge in [-0.2, -0.15) is 0 Å². The summed E-state index contributed by atoms with van der Waals surface area (Å²) in [5.41, 5.74) is 0.254. The molecule has 0 fully saturated rings. The van der Waals surface area contributed by atoms with Gasteiger partial charge in [-0.3, -0.25) is 9.59 Å². The minimum absolute atomic E-state index is 0.117. The first-order valence-electron chi connectivity index (χ1n) is 9.08. The first-order valence-corrected chi connectivity index (χ1v) is 9.08. The zero-order chi connectivity index (χ0) is 19.1. The Morgan fingerprint density at radius 3 is 1.88 bits per heavy atom. The van der Waals surface area contributed by atoms with E-state index in [0.717, 1.165) is 38.5 Å². The minimum atomic E-state index is -0.799. The lowest BCUT2D eigenvalue weighted by molar-refractivity contribution is -0.165. The summed E-state index contributed by atoms with van der Waals surface area (Å²) in [6.45, 7) is 8.84. The van der Waals surface area contributed by atoms with Crippen molar-refractivity contribution in [3.05, 3.63) is 12.2 Å². The van der Waals surface area contributed by atoms with Crippen molar-refractivity contribution in [3.8, 4) is 0 Å². The Balaban J connectivity index is 4.40. The van der Waals surface area contributed by atoms with Gasteiger partial charge in [0.1, 0.15) is 13.2 Å². The number of hydrogen-bond acceptors (Lipinski definition) is 6. The van der Waals surface area contributed by atoms with Crippen LogP contribution < -0.4 is 0 Å². The lowest BCUT2D eigenvalue weighted by Gasteiger charge is -2.18. The predicted octanol–water partition coefficient (Wildman–Crippen LogP) is 3.72. The second-order valence-corrected chi connectivity index (χ2v) is 6.09. The SMILES string of the molecule is C=C(C)C(=O)OCC(COC(=O)CCCCC)OC(=O)CCCCC. The Morgan fingerprint density at radius 1 is 0.840 bits per heavy atom. The van der Waals surface area contributed by atoms with Crippen LogP contribution in [0, 0.1) is 0 Å². The number of ether oxygens (including phenoxy) is 3. The molecule has 0 spiro atoms. The Bertz CT molecular complexity index is 430. The lowest BCUT2D eigenvalue weighted by atomic mass is 10.2. The number of carbonyl (C=O) groups is 3. The predicted molar refractivity (Wildman–Crippen MR) is 94.9 cm³/mol. The van der Waals surface area contributed by atoms with Gasteiger partial charge in [0, 0.05) is 18.4 Å². The fourth-order valence-corrected chi connectivity index (χ4v) is 1.95. The molecule has 6 nitrogen and oxygen atoms in total. The standard InChI is InChI=1S/C19H32O6/c1-5-7-9-11-17(20)23-13-16(14-24-19(22)15(3)4)25-18(21)12-10-8-6-2/h16H,3,5-14H2,1-2,4H3. The molecule has 1 unspecified atom stereocenters. The van der Waals surface area contributed by atoms with Gasteiger partial charge in [0.25, 0.3) is 0 Å². The summed E-state index contributed by atoms with van der Waals surface area (Å²) in [5, 5.41) is 0. The summed E-state index contributed by atoms with van der Waals surface area (Å²) in [6, 6.07) is 0. The smallest absolute Gasteiger partial charge is 0.333 e. The summed E-state index contributed by atoms with van der Waals surface area (Å²) in [7, 11) is 0. The van der Waals surface area contributed by atoms with Gasteiger partial charge in [0.05, 0.1) is 0 Å². The van der Waals surface area contributed by atoms with Crippen molar-refractivity contribution in [1.29, 1.82) is 0 Å². The second-order valence-electron chi connectivity index (χ2n) is 6.09. The topological polar surface area (TPSA) is 78.9 Å². The molecule has 1 atom stereocenters. The Morgan fingerprint density at radius 2 is 1.36 bits per heavy atom. The van der Waals surface area contributed by atoms with Crippen molar-refractivity contribution in [2.24, 2.45) is 0 Å². The summed E-state index contributed by atoms with van der Waals surface area (Å²) in [6.07, 6.45) is 5.25. The third-order valence-electron chi connectivity index (χ3n) is 3.45. The molecule has 0 aromatic carbocycles. The van der Waals surface area contributed by atoms with Crippen molar-refractivity contribution in [3.63, 3.8) is 0 Å². The molecule has 0 bridgehead atoms. The number of rotatable bonds is 14. The number of unbranched alkanes of at least 4 members (excludes halogenated alkanes) is 4. The van der Waals surface area contributed by atoms with Gasteiger partial charge in [-0.25, -0.2) is 4.79 Å². The molecule has 0 saturated heterocycles. The molecular formula is C19H32O6. The van der Waals surface area contributed by atoms with Crippen molar-refractivity contribution in [1.82, 2.24) is 0 Å². The summed E-state index contributed by atoms with van der Waals surface area (Å²) >= 11 is 0. The third-order valence-corrected chi connectivity index (χ3v) is 3.45. The first kappa shape index (κ1) is 23.1. The van der Waals surface area contributed by atoms with Gasteiger partial charge in [-0.1, -0.05) is 46.1 Å². The quantitative estimate of drug-likeness (QED) is 0.204. The zero-order valence-corrected chi connectivity index (χ0v) is 15.8.